The van der Waals surface area contributed by atoms with E-state index < -0.39 is 23.7 Å². The average Bonchev–Trinajstić information content (AvgIpc) is 2.66. The van der Waals surface area contributed by atoms with Gasteiger partial charge in [0.15, 0.2) is 0 Å². The molecule has 0 heterocycles. The Balaban J connectivity index is 1.96. The van der Waals surface area contributed by atoms with Gasteiger partial charge in [-0.25, -0.2) is 4.79 Å². The Morgan fingerprint density at radius 3 is 2.21 bits per heavy atom. The Morgan fingerprint density at radius 2 is 1.62 bits per heavy atom. The zero-order valence-electron chi connectivity index (χ0n) is 17.4. The van der Waals surface area contributed by atoms with Crippen molar-refractivity contribution in [3.63, 3.8) is 0 Å². The molecular weight excluding hydrogens is 370 g/mol. The lowest BCUT2D eigenvalue weighted by molar-refractivity contribution is -0.141. The van der Waals surface area contributed by atoms with Gasteiger partial charge in [0, 0.05) is 6.04 Å². The average molecular weight is 399 g/mol. The van der Waals surface area contributed by atoms with Crippen molar-refractivity contribution < 1.29 is 23.8 Å². The molecule has 2 aromatic rings. The molecule has 0 aliphatic rings. The van der Waals surface area contributed by atoms with Crippen molar-refractivity contribution in [2.24, 2.45) is 0 Å². The topological polar surface area (TPSA) is 73.9 Å². The van der Waals surface area contributed by atoms with Crippen molar-refractivity contribution in [2.45, 2.75) is 51.9 Å². The van der Waals surface area contributed by atoms with Crippen LogP contribution in [0.1, 0.15) is 38.3 Å². The van der Waals surface area contributed by atoms with Gasteiger partial charge >= 0.3 is 12.1 Å². The van der Waals surface area contributed by atoms with Gasteiger partial charge in [0.05, 0.1) is 13.5 Å². The predicted molar refractivity (Wildman–Crippen MR) is 111 cm³/mol. The second-order valence-corrected chi connectivity index (χ2v) is 7.75. The number of carbonyl (C=O) groups is 2. The van der Waals surface area contributed by atoms with Gasteiger partial charge in [-0.2, -0.15) is 0 Å². The first-order valence-electron chi connectivity index (χ1n) is 9.57. The Kier molecular flexibility index (Phi) is 8.07. The van der Waals surface area contributed by atoms with Crippen molar-refractivity contribution in [1.29, 1.82) is 0 Å². The van der Waals surface area contributed by atoms with E-state index in [9.17, 15) is 9.59 Å². The molecule has 2 aromatic carbocycles. The highest BCUT2D eigenvalue weighted by Crippen LogP contribution is 2.16. The highest BCUT2D eigenvalue weighted by Gasteiger charge is 2.22. The van der Waals surface area contributed by atoms with Crippen LogP contribution in [-0.2, 0) is 27.3 Å². The molecule has 0 radical (unpaired) electrons. The largest absolute Gasteiger partial charge is 0.489 e. The third kappa shape index (κ3) is 8.68. The summed E-state index contributed by atoms with van der Waals surface area (Å²) in [7, 11) is 1.33. The normalized spacial score (nSPS) is 12.0. The van der Waals surface area contributed by atoms with E-state index in [1.165, 1.54) is 7.11 Å². The number of carbonyl (C=O) groups excluding carboxylic acids is 2. The Labute approximate surface area is 172 Å². The molecule has 156 valence electrons. The first-order chi connectivity index (χ1) is 13.7. The monoisotopic (exact) mass is 399 g/mol. The van der Waals surface area contributed by atoms with Crippen molar-refractivity contribution in [3.05, 3.63) is 65.7 Å². The molecule has 0 aliphatic carbocycles. The quantitative estimate of drug-likeness (QED) is 0.671. The third-order valence-corrected chi connectivity index (χ3v) is 4.02. The summed E-state index contributed by atoms with van der Waals surface area (Å²) in [6.45, 7) is 5.85. The summed E-state index contributed by atoms with van der Waals surface area (Å²) in [4.78, 5) is 23.8. The maximum atomic E-state index is 12.1. The van der Waals surface area contributed by atoms with E-state index in [2.05, 4.69) is 5.32 Å². The number of amides is 1. The van der Waals surface area contributed by atoms with Crippen LogP contribution < -0.4 is 10.1 Å². The van der Waals surface area contributed by atoms with Gasteiger partial charge in [0.2, 0.25) is 0 Å². The fourth-order valence-corrected chi connectivity index (χ4v) is 2.68. The molecule has 0 aliphatic heterocycles. The molecule has 2 rings (SSSR count). The van der Waals surface area contributed by atoms with E-state index in [-0.39, 0.29) is 6.42 Å². The van der Waals surface area contributed by atoms with E-state index >= 15 is 0 Å². The maximum absolute atomic E-state index is 12.1. The number of nitrogens with one attached hydrogen (secondary N) is 1. The lowest BCUT2D eigenvalue weighted by atomic mass is 10.0. The molecule has 0 spiro atoms. The number of rotatable bonds is 8. The molecule has 6 nitrogen and oxygen atoms in total. The van der Waals surface area contributed by atoms with Gasteiger partial charge in [0.25, 0.3) is 0 Å². The van der Waals surface area contributed by atoms with Crippen molar-refractivity contribution in [2.75, 3.05) is 7.11 Å². The Morgan fingerprint density at radius 1 is 0.966 bits per heavy atom. The second kappa shape index (κ2) is 10.5. The predicted octanol–water partition coefficient (Wildman–Crippen LogP) is 4.26. The first-order valence-corrected chi connectivity index (χ1v) is 9.57. The molecule has 0 saturated carbocycles. The van der Waals surface area contributed by atoms with Crippen molar-refractivity contribution in [3.8, 4) is 5.75 Å². The minimum absolute atomic E-state index is 0.0575. The van der Waals surface area contributed by atoms with Gasteiger partial charge in [-0.05, 0) is 50.5 Å². The molecule has 6 heteroatoms. The Hall–Kier alpha value is -3.02. The highest BCUT2D eigenvalue weighted by atomic mass is 16.6. The number of hydrogen-bond donors (Lipinski definition) is 1. The zero-order valence-corrected chi connectivity index (χ0v) is 17.4. The van der Waals surface area contributed by atoms with Crippen LogP contribution in [-0.4, -0.2) is 30.8 Å². The molecule has 29 heavy (non-hydrogen) atoms. The molecule has 0 aromatic heterocycles. The second-order valence-electron chi connectivity index (χ2n) is 7.75. The maximum Gasteiger partial charge on any atom is 0.407 e. The minimum Gasteiger partial charge on any atom is -0.489 e. The summed E-state index contributed by atoms with van der Waals surface area (Å²) >= 11 is 0. The molecule has 0 fully saturated rings. The van der Waals surface area contributed by atoms with Crippen LogP contribution in [0.3, 0.4) is 0 Å². The molecule has 1 atom stereocenters. The van der Waals surface area contributed by atoms with E-state index in [0.717, 1.165) is 16.9 Å². The number of ether oxygens (including phenoxy) is 3. The fraction of sp³-hybridized carbons (Fsp3) is 0.391. The van der Waals surface area contributed by atoms with Crippen LogP contribution in [0.4, 0.5) is 4.79 Å². The minimum atomic E-state index is -0.613. The number of esters is 1. The SMILES string of the molecule is COC(=O)CC(Cc1ccc(OCc2ccccc2)cc1)NC(=O)OC(C)(C)C. The molecule has 1 unspecified atom stereocenters. The first kappa shape index (κ1) is 22.3. The van der Waals surface area contributed by atoms with Gasteiger partial charge in [0.1, 0.15) is 18.0 Å². The Bertz CT molecular complexity index is 781. The lowest BCUT2D eigenvalue weighted by Crippen LogP contribution is -2.41. The van der Waals surface area contributed by atoms with Gasteiger partial charge < -0.3 is 19.5 Å². The van der Waals surface area contributed by atoms with E-state index in [1.807, 2.05) is 54.6 Å². The fourth-order valence-electron chi connectivity index (χ4n) is 2.68. The van der Waals surface area contributed by atoms with E-state index in [1.54, 1.807) is 20.8 Å². The lowest BCUT2D eigenvalue weighted by Gasteiger charge is -2.23. The molecule has 0 bridgehead atoms. The van der Waals surface area contributed by atoms with Crippen molar-refractivity contribution >= 4 is 12.1 Å². The summed E-state index contributed by atoms with van der Waals surface area (Å²) in [6.07, 6.45) is -0.0378. The third-order valence-electron chi connectivity index (χ3n) is 4.02. The number of hydrogen-bond acceptors (Lipinski definition) is 5. The molecule has 0 saturated heterocycles. The molecule has 1 amide bonds. The van der Waals surface area contributed by atoms with Crippen LogP contribution in [0.15, 0.2) is 54.6 Å². The van der Waals surface area contributed by atoms with Crippen LogP contribution in [0, 0.1) is 0 Å². The van der Waals surface area contributed by atoms with Crippen LogP contribution in [0.25, 0.3) is 0 Å². The van der Waals surface area contributed by atoms with E-state index in [0.29, 0.717) is 13.0 Å². The van der Waals surface area contributed by atoms with Crippen LogP contribution in [0.5, 0.6) is 5.75 Å². The number of methoxy groups -OCH3 is 1. The highest BCUT2D eigenvalue weighted by molar-refractivity contribution is 5.73. The summed E-state index contributed by atoms with van der Waals surface area (Å²) in [5.74, 6) is 0.357. The smallest absolute Gasteiger partial charge is 0.407 e. The standard InChI is InChI=1S/C23H29NO5/c1-23(2,3)29-22(26)24-19(15-21(25)27-4)14-17-10-12-20(13-11-17)28-16-18-8-6-5-7-9-18/h5-13,19H,14-16H2,1-4H3,(H,24,26). The molecular formula is C23H29NO5. The number of benzene rings is 2. The van der Waals surface area contributed by atoms with Crippen LogP contribution in [0.2, 0.25) is 0 Å². The van der Waals surface area contributed by atoms with Crippen LogP contribution >= 0.6 is 0 Å². The van der Waals surface area contributed by atoms with Gasteiger partial charge in [-0.15, -0.1) is 0 Å². The summed E-state index contributed by atoms with van der Waals surface area (Å²) < 4.78 is 15.8. The summed E-state index contributed by atoms with van der Waals surface area (Å²) in [5.41, 5.74) is 1.44. The van der Waals surface area contributed by atoms with E-state index in [4.69, 9.17) is 14.2 Å². The van der Waals surface area contributed by atoms with Crippen molar-refractivity contribution in [1.82, 2.24) is 5.32 Å². The van der Waals surface area contributed by atoms with Gasteiger partial charge in [-0.3, -0.25) is 4.79 Å². The van der Waals surface area contributed by atoms with Gasteiger partial charge in [-0.1, -0.05) is 42.5 Å². The number of alkyl carbamates (subject to hydrolysis) is 1. The summed E-state index contributed by atoms with van der Waals surface area (Å²) in [5, 5.41) is 2.76. The summed E-state index contributed by atoms with van der Waals surface area (Å²) in [6, 6.07) is 17.1. The zero-order chi connectivity index (χ0) is 21.3. The molecule has 1 N–H and O–H groups in total.